The summed E-state index contributed by atoms with van der Waals surface area (Å²) in [6.07, 6.45) is 0.140. The summed E-state index contributed by atoms with van der Waals surface area (Å²) in [6, 6.07) is 3.60. The number of esters is 1. The minimum Gasteiger partial charge on any atom is -0.465 e. The van der Waals surface area contributed by atoms with Gasteiger partial charge >= 0.3 is 12.0 Å². The molecule has 138 valence electrons. The van der Waals surface area contributed by atoms with Crippen molar-refractivity contribution in [3.8, 4) is 11.3 Å². The Hall–Kier alpha value is -2.10. The fourth-order valence-corrected chi connectivity index (χ4v) is 4.73. The highest BCUT2D eigenvalue weighted by Gasteiger charge is 2.41. The van der Waals surface area contributed by atoms with Crippen molar-refractivity contribution in [1.82, 2.24) is 14.3 Å². The molecule has 0 spiro atoms. The molecule has 0 radical (unpaired) electrons. The molecule has 0 saturated heterocycles. The van der Waals surface area contributed by atoms with E-state index in [0.717, 1.165) is 10.5 Å². The Morgan fingerprint density at radius 2 is 2.19 bits per heavy atom. The Bertz CT molecular complexity index is 983. The van der Waals surface area contributed by atoms with Crippen molar-refractivity contribution in [2.75, 3.05) is 6.61 Å². The Kier molecular flexibility index (Phi) is 4.96. The van der Waals surface area contributed by atoms with Gasteiger partial charge in [-0.1, -0.05) is 23.7 Å². The second-order valence-corrected chi connectivity index (χ2v) is 7.90. The first-order valence-electron chi connectivity index (χ1n) is 7.75. The molecule has 0 N–H and O–H groups in total. The van der Waals surface area contributed by atoms with E-state index in [2.05, 4.69) is 9.97 Å². The summed E-state index contributed by atoms with van der Waals surface area (Å²) < 4.78 is 45.0. The molecular weight excluding hydrogens is 385 g/mol. The first-order valence-corrected chi connectivity index (χ1v) is 9.57. The van der Waals surface area contributed by atoms with Crippen LogP contribution in [0, 0.1) is 6.08 Å². The number of nitrogens with zero attached hydrogens (tertiary/aromatic N) is 3. The van der Waals surface area contributed by atoms with Crippen LogP contribution in [0.3, 0.4) is 0 Å². The third-order valence-corrected chi connectivity index (χ3v) is 6.30. The van der Waals surface area contributed by atoms with Gasteiger partial charge in [-0.05, 0) is 25.5 Å². The first-order chi connectivity index (χ1) is 12.3. The van der Waals surface area contributed by atoms with Gasteiger partial charge in [-0.3, -0.25) is 4.79 Å². The van der Waals surface area contributed by atoms with Crippen molar-refractivity contribution in [2.24, 2.45) is 0 Å². The molecule has 1 aliphatic heterocycles. The third kappa shape index (κ3) is 3.17. The van der Waals surface area contributed by atoms with Gasteiger partial charge in [-0.2, -0.15) is 8.70 Å². The number of ether oxygens (including phenoxy) is 1. The molecular formula is C16H15ClFN3O4S. The molecule has 2 aromatic rings. The number of carbonyl (C=O) groups is 1. The number of fused-ring (bicyclic) bond motifs is 1. The van der Waals surface area contributed by atoms with Crippen LogP contribution in [-0.4, -0.2) is 41.3 Å². The second-order valence-electron chi connectivity index (χ2n) is 5.64. The van der Waals surface area contributed by atoms with E-state index in [-0.39, 0.29) is 28.8 Å². The summed E-state index contributed by atoms with van der Waals surface area (Å²) in [5, 5.41) is 0.0958. The fraction of sp³-hybridized carbons (Fsp3) is 0.312. The zero-order valence-electron chi connectivity index (χ0n) is 13.9. The standard InChI is InChI=1S/C16H15ClFN3O4S/c1-3-25-15(22)9(2)21-8-11-5-4-10(6-13(11)26(21,23)24)14-12(17)7-19-16(18)20-14/h4-7,9H,3,8H2,1-2H3/t9-/m1/s1. The minimum atomic E-state index is -3.91. The molecule has 0 aliphatic carbocycles. The van der Waals surface area contributed by atoms with Crippen molar-refractivity contribution >= 4 is 27.6 Å². The smallest absolute Gasteiger partial charge is 0.324 e. The number of halogens is 2. The van der Waals surface area contributed by atoms with E-state index < -0.39 is 28.1 Å². The lowest BCUT2D eigenvalue weighted by molar-refractivity contribution is -0.147. The van der Waals surface area contributed by atoms with Crippen LogP contribution < -0.4 is 0 Å². The van der Waals surface area contributed by atoms with Crippen LogP contribution >= 0.6 is 11.6 Å². The van der Waals surface area contributed by atoms with Crippen LogP contribution in [0.5, 0.6) is 0 Å². The number of hydrogen-bond acceptors (Lipinski definition) is 6. The van der Waals surface area contributed by atoms with Crippen molar-refractivity contribution in [3.63, 3.8) is 0 Å². The maximum Gasteiger partial charge on any atom is 0.324 e. The van der Waals surface area contributed by atoms with Crippen LogP contribution in [0.4, 0.5) is 4.39 Å². The SMILES string of the molecule is CCOC(=O)[C@@H](C)N1Cc2ccc(-c3nc(F)ncc3Cl)cc2S1(=O)=O. The molecule has 0 saturated carbocycles. The van der Waals surface area contributed by atoms with E-state index in [0.29, 0.717) is 11.1 Å². The molecule has 1 aliphatic rings. The van der Waals surface area contributed by atoms with Gasteiger partial charge in [0, 0.05) is 12.1 Å². The molecule has 1 atom stereocenters. The molecule has 3 rings (SSSR count). The highest BCUT2D eigenvalue weighted by molar-refractivity contribution is 7.89. The summed E-state index contributed by atoms with van der Waals surface area (Å²) in [7, 11) is -3.91. The maximum absolute atomic E-state index is 13.3. The van der Waals surface area contributed by atoms with E-state index in [1.54, 1.807) is 19.1 Å². The lowest BCUT2D eigenvalue weighted by Crippen LogP contribution is -2.40. The van der Waals surface area contributed by atoms with Crippen molar-refractivity contribution < 1.29 is 22.3 Å². The predicted octanol–water partition coefficient (Wildman–Crippen LogP) is 2.39. The van der Waals surface area contributed by atoms with E-state index in [1.165, 1.54) is 13.0 Å². The molecule has 0 fully saturated rings. The summed E-state index contributed by atoms with van der Waals surface area (Å²) >= 11 is 6.00. The van der Waals surface area contributed by atoms with Gasteiger partial charge in [0.25, 0.3) is 0 Å². The number of hydrogen-bond donors (Lipinski definition) is 0. The van der Waals surface area contributed by atoms with Gasteiger partial charge in [0.1, 0.15) is 6.04 Å². The van der Waals surface area contributed by atoms with Crippen LogP contribution in [0.1, 0.15) is 19.4 Å². The topological polar surface area (TPSA) is 89.5 Å². The minimum absolute atomic E-state index is 0.0289. The van der Waals surface area contributed by atoms with Gasteiger partial charge in [-0.25, -0.2) is 18.4 Å². The van der Waals surface area contributed by atoms with Crippen LogP contribution in [0.2, 0.25) is 5.02 Å². The van der Waals surface area contributed by atoms with Crippen molar-refractivity contribution in [3.05, 3.63) is 41.1 Å². The quantitative estimate of drug-likeness (QED) is 0.579. The van der Waals surface area contributed by atoms with E-state index >= 15 is 0 Å². The van der Waals surface area contributed by atoms with Gasteiger partial charge < -0.3 is 4.74 Å². The second kappa shape index (κ2) is 6.90. The normalized spacial score (nSPS) is 16.9. The number of rotatable bonds is 4. The lowest BCUT2D eigenvalue weighted by Gasteiger charge is -2.20. The van der Waals surface area contributed by atoms with E-state index in [4.69, 9.17) is 16.3 Å². The Labute approximate surface area is 154 Å². The van der Waals surface area contributed by atoms with Crippen LogP contribution in [-0.2, 0) is 26.1 Å². The van der Waals surface area contributed by atoms with Crippen LogP contribution in [0.25, 0.3) is 11.3 Å². The summed E-state index contributed by atoms with van der Waals surface area (Å²) in [4.78, 5) is 18.9. The molecule has 0 unspecified atom stereocenters. The predicted molar refractivity (Wildman–Crippen MR) is 91.3 cm³/mol. The van der Waals surface area contributed by atoms with E-state index in [9.17, 15) is 17.6 Å². The third-order valence-electron chi connectivity index (χ3n) is 4.03. The monoisotopic (exact) mass is 399 g/mol. The zero-order valence-corrected chi connectivity index (χ0v) is 15.5. The molecule has 10 heteroatoms. The zero-order chi connectivity index (χ0) is 19.1. The molecule has 2 heterocycles. The largest absolute Gasteiger partial charge is 0.465 e. The highest BCUT2D eigenvalue weighted by Crippen LogP contribution is 2.36. The van der Waals surface area contributed by atoms with Crippen molar-refractivity contribution in [1.29, 1.82) is 0 Å². The maximum atomic E-state index is 13.3. The highest BCUT2D eigenvalue weighted by atomic mass is 35.5. The summed E-state index contributed by atoms with van der Waals surface area (Å²) in [6.45, 7) is 3.32. The van der Waals surface area contributed by atoms with Crippen LogP contribution in [0.15, 0.2) is 29.3 Å². The van der Waals surface area contributed by atoms with E-state index in [1.807, 2.05) is 0 Å². The Morgan fingerprint density at radius 1 is 1.46 bits per heavy atom. The molecule has 0 amide bonds. The average molecular weight is 400 g/mol. The molecule has 7 nitrogen and oxygen atoms in total. The number of carbonyl (C=O) groups excluding carboxylic acids is 1. The molecule has 26 heavy (non-hydrogen) atoms. The number of aromatic nitrogens is 2. The van der Waals surface area contributed by atoms with Gasteiger partial charge in [-0.15, -0.1) is 0 Å². The summed E-state index contributed by atoms with van der Waals surface area (Å²) in [5.74, 6) is -0.620. The van der Waals surface area contributed by atoms with Crippen molar-refractivity contribution in [2.45, 2.75) is 31.3 Å². The fourth-order valence-electron chi connectivity index (χ4n) is 2.73. The van der Waals surface area contributed by atoms with Gasteiger partial charge in [0.05, 0.1) is 28.4 Å². The lowest BCUT2D eigenvalue weighted by atomic mass is 10.1. The van der Waals surface area contributed by atoms with Gasteiger partial charge in [0.15, 0.2) is 0 Å². The summed E-state index contributed by atoms with van der Waals surface area (Å²) in [5.41, 5.74) is 0.953. The number of sulfonamides is 1. The average Bonchev–Trinajstić information content (AvgIpc) is 2.87. The first kappa shape index (κ1) is 18.7. The molecule has 1 aromatic carbocycles. The Morgan fingerprint density at radius 3 is 2.88 bits per heavy atom. The Balaban J connectivity index is 2.02. The number of benzene rings is 1. The molecule has 1 aromatic heterocycles. The van der Waals surface area contributed by atoms with Gasteiger partial charge in [0.2, 0.25) is 10.0 Å². The molecule has 0 bridgehead atoms.